The minimum Gasteiger partial charge on any atom is -0.300 e. The Bertz CT molecular complexity index is 984. The van der Waals surface area contributed by atoms with E-state index in [-0.39, 0.29) is 5.69 Å². The summed E-state index contributed by atoms with van der Waals surface area (Å²) in [6.45, 7) is 5.51. The first-order valence-corrected chi connectivity index (χ1v) is 8.94. The summed E-state index contributed by atoms with van der Waals surface area (Å²) in [6.07, 6.45) is 0. The maximum absolute atomic E-state index is 12.6. The van der Waals surface area contributed by atoms with Crippen LogP contribution >= 0.6 is 0 Å². The van der Waals surface area contributed by atoms with Gasteiger partial charge in [-0.3, -0.25) is 18.7 Å². The summed E-state index contributed by atoms with van der Waals surface area (Å²) in [5.41, 5.74) is 0.107. The Morgan fingerprint density at radius 3 is 2.04 bits per heavy atom. The first-order chi connectivity index (χ1) is 11.1. The largest absolute Gasteiger partial charge is 0.330 e. The van der Waals surface area contributed by atoms with Crippen LogP contribution in [0.5, 0.6) is 0 Å². The van der Waals surface area contributed by atoms with Crippen molar-refractivity contribution < 1.29 is 8.42 Å². The number of anilines is 1. The van der Waals surface area contributed by atoms with Crippen molar-refractivity contribution in [3.05, 3.63) is 56.4 Å². The number of rotatable bonds is 4. The molecule has 0 amide bonds. The van der Waals surface area contributed by atoms with E-state index in [1.165, 1.54) is 21.0 Å². The average Bonchev–Trinajstić information content (AvgIpc) is 2.51. The minimum absolute atomic E-state index is 0.0920. The molecule has 0 spiro atoms. The lowest BCUT2D eigenvalue weighted by Crippen LogP contribution is -2.42. The molecule has 1 aromatic heterocycles. The number of benzene rings is 1. The Kier molecular flexibility index (Phi) is 4.70. The van der Waals surface area contributed by atoms with Crippen LogP contribution in [0.15, 0.2) is 38.8 Å². The summed E-state index contributed by atoms with van der Waals surface area (Å²) in [7, 11) is -1.44. The predicted octanol–water partition coefficient (Wildman–Crippen LogP) is 1.32. The number of sulfonamides is 1. The molecule has 0 bridgehead atoms. The third kappa shape index (κ3) is 3.14. The van der Waals surface area contributed by atoms with Crippen LogP contribution in [0.3, 0.4) is 0 Å². The van der Waals surface area contributed by atoms with Crippen LogP contribution in [0.1, 0.15) is 31.0 Å². The van der Waals surface area contributed by atoms with Gasteiger partial charge in [0.05, 0.1) is 0 Å². The van der Waals surface area contributed by atoms with Crippen molar-refractivity contribution in [3.8, 4) is 0 Å². The van der Waals surface area contributed by atoms with Crippen LogP contribution in [-0.4, -0.2) is 17.6 Å². The Morgan fingerprint density at radius 2 is 1.54 bits per heavy atom. The summed E-state index contributed by atoms with van der Waals surface area (Å²) >= 11 is 0. The fourth-order valence-electron chi connectivity index (χ4n) is 2.37. The molecule has 0 aliphatic carbocycles. The number of hydrogen-bond donors (Lipinski definition) is 1. The van der Waals surface area contributed by atoms with Gasteiger partial charge in [-0.1, -0.05) is 26.0 Å². The van der Waals surface area contributed by atoms with Gasteiger partial charge in [-0.2, -0.15) is 0 Å². The topological polar surface area (TPSA) is 90.2 Å². The summed E-state index contributed by atoms with van der Waals surface area (Å²) < 4.78 is 29.6. The van der Waals surface area contributed by atoms with Crippen molar-refractivity contribution in [1.29, 1.82) is 0 Å². The van der Waals surface area contributed by atoms with E-state index in [4.69, 9.17) is 0 Å². The van der Waals surface area contributed by atoms with Crippen molar-refractivity contribution in [2.45, 2.75) is 31.6 Å². The summed E-state index contributed by atoms with van der Waals surface area (Å²) in [5, 5.41) is 0. The Morgan fingerprint density at radius 1 is 1.00 bits per heavy atom. The standard InChI is InChI=1S/C16H21N3O4S/c1-10(2)12-6-8-13(9-7-12)17-24(22,23)14-11(3)18(4)16(21)19(5)15(14)20/h6-10,17H,1-5H3. The van der Waals surface area contributed by atoms with Gasteiger partial charge in [0.2, 0.25) is 0 Å². The summed E-state index contributed by atoms with van der Waals surface area (Å²) in [6, 6.07) is 6.95. The van der Waals surface area contributed by atoms with Gasteiger partial charge in [-0.05, 0) is 30.5 Å². The molecule has 24 heavy (non-hydrogen) atoms. The van der Waals surface area contributed by atoms with Crippen LogP contribution in [0, 0.1) is 6.92 Å². The van der Waals surface area contributed by atoms with Gasteiger partial charge >= 0.3 is 5.69 Å². The SMILES string of the molecule is Cc1c(S(=O)(=O)Nc2ccc(C(C)C)cc2)c(=O)n(C)c(=O)n1C. The second kappa shape index (κ2) is 6.27. The second-order valence-corrected chi connectivity index (χ2v) is 7.62. The van der Waals surface area contributed by atoms with Gasteiger partial charge in [0, 0.05) is 25.5 Å². The van der Waals surface area contributed by atoms with E-state index in [0.29, 0.717) is 11.6 Å². The first-order valence-electron chi connectivity index (χ1n) is 7.45. The van der Waals surface area contributed by atoms with Crippen molar-refractivity contribution in [2.24, 2.45) is 14.1 Å². The van der Waals surface area contributed by atoms with Crippen LogP contribution in [-0.2, 0) is 24.1 Å². The van der Waals surface area contributed by atoms with Crippen molar-refractivity contribution >= 4 is 15.7 Å². The lowest BCUT2D eigenvalue weighted by atomic mass is 10.0. The molecule has 1 N–H and O–H groups in total. The molecule has 7 nitrogen and oxygen atoms in total. The number of nitrogens with one attached hydrogen (secondary N) is 1. The zero-order valence-corrected chi connectivity index (χ0v) is 15.1. The summed E-state index contributed by atoms with van der Waals surface area (Å²) in [4.78, 5) is 23.7. The molecular weight excluding hydrogens is 330 g/mol. The molecule has 130 valence electrons. The molecule has 0 saturated carbocycles. The van der Waals surface area contributed by atoms with Crippen LogP contribution in [0.25, 0.3) is 0 Å². The first kappa shape index (κ1) is 18.0. The maximum Gasteiger partial charge on any atom is 0.330 e. The van der Waals surface area contributed by atoms with Crippen LogP contribution < -0.4 is 16.0 Å². The van der Waals surface area contributed by atoms with Crippen molar-refractivity contribution in [2.75, 3.05) is 4.72 Å². The lowest BCUT2D eigenvalue weighted by Gasteiger charge is -2.14. The molecule has 0 aliphatic heterocycles. The summed E-state index contributed by atoms with van der Waals surface area (Å²) in [5.74, 6) is 0.328. The smallest absolute Gasteiger partial charge is 0.300 e. The molecule has 8 heteroatoms. The van der Waals surface area contributed by atoms with Gasteiger partial charge in [0.15, 0.2) is 4.90 Å². The molecule has 1 heterocycles. The molecule has 0 aliphatic rings. The lowest BCUT2D eigenvalue weighted by molar-refractivity contribution is 0.583. The van der Waals surface area contributed by atoms with E-state index in [9.17, 15) is 18.0 Å². The Balaban J connectivity index is 2.53. The molecule has 0 radical (unpaired) electrons. The second-order valence-electron chi connectivity index (χ2n) is 6.00. The van der Waals surface area contributed by atoms with E-state index < -0.39 is 26.2 Å². The molecule has 0 fully saturated rings. The zero-order valence-electron chi connectivity index (χ0n) is 14.3. The van der Waals surface area contributed by atoms with E-state index in [2.05, 4.69) is 4.72 Å². The Hall–Kier alpha value is -2.35. The molecule has 2 aromatic rings. The minimum atomic E-state index is -4.11. The molecule has 0 saturated heterocycles. The highest BCUT2D eigenvalue weighted by Crippen LogP contribution is 2.19. The number of hydrogen-bond acceptors (Lipinski definition) is 4. The van der Waals surface area contributed by atoms with E-state index in [0.717, 1.165) is 14.7 Å². The molecule has 0 atom stereocenters. The van der Waals surface area contributed by atoms with Gasteiger partial charge in [0.1, 0.15) is 0 Å². The van der Waals surface area contributed by atoms with Gasteiger partial charge < -0.3 is 0 Å². The fraction of sp³-hybridized carbons (Fsp3) is 0.375. The molecular formula is C16H21N3O4S. The third-order valence-corrected chi connectivity index (χ3v) is 5.51. The maximum atomic E-state index is 12.6. The highest BCUT2D eigenvalue weighted by molar-refractivity contribution is 7.92. The van der Waals surface area contributed by atoms with E-state index in [1.54, 1.807) is 12.1 Å². The highest BCUT2D eigenvalue weighted by Gasteiger charge is 2.25. The van der Waals surface area contributed by atoms with E-state index >= 15 is 0 Å². The fourth-order valence-corrected chi connectivity index (χ4v) is 3.81. The normalized spacial score (nSPS) is 11.8. The molecule has 0 unspecified atom stereocenters. The molecule has 2 rings (SSSR count). The van der Waals surface area contributed by atoms with Crippen molar-refractivity contribution in [1.82, 2.24) is 9.13 Å². The monoisotopic (exact) mass is 351 g/mol. The van der Waals surface area contributed by atoms with Crippen LogP contribution in [0.2, 0.25) is 0 Å². The molecule has 1 aromatic carbocycles. The van der Waals surface area contributed by atoms with Crippen molar-refractivity contribution in [3.63, 3.8) is 0 Å². The van der Waals surface area contributed by atoms with Crippen LogP contribution in [0.4, 0.5) is 5.69 Å². The zero-order chi connectivity index (χ0) is 18.2. The Labute approximate surface area is 140 Å². The third-order valence-electron chi connectivity index (χ3n) is 4.00. The number of nitrogens with zero attached hydrogens (tertiary/aromatic N) is 2. The van der Waals surface area contributed by atoms with Gasteiger partial charge in [0.25, 0.3) is 15.6 Å². The quantitative estimate of drug-likeness (QED) is 0.899. The van der Waals surface area contributed by atoms with Gasteiger partial charge in [-0.15, -0.1) is 0 Å². The van der Waals surface area contributed by atoms with Gasteiger partial charge in [-0.25, -0.2) is 13.2 Å². The highest BCUT2D eigenvalue weighted by atomic mass is 32.2. The average molecular weight is 351 g/mol. The van der Waals surface area contributed by atoms with E-state index in [1.807, 2.05) is 26.0 Å². The predicted molar refractivity (Wildman–Crippen MR) is 93.0 cm³/mol. The number of aromatic nitrogens is 2.